The third kappa shape index (κ3) is 2.38. The predicted molar refractivity (Wildman–Crippen MR) is 58.5 cm³/mol. The molecule has 1 atom stereocenters. The number of carbonyl (C=O) groups is 1. The number of likely N-dealkylation sites (tertiary alicyclic amines) is 1. The third-order valence-corrected chi connectivity index (χ3v) is 2.98. The van der Waals surface area contributed by atoms with Gasteiger partial charge in [-0.25, -0.2) is 4.98 Å². The van der Waals surface area contributed by atoms with Crippen LogP contribution in [-0.2, 0) is 18.4 Å². The summed E-state index contributed by atoms with van der Waals surface area (Å²) in [6.07, 6.45) is 3.08. The smallest absolute Gasteiger partial charge is 0.222 e. The highest BCUT2D eigenvalue weighted by atomic mass is 16.2. The largest absolute Gasteiger partial charge is 0.344 e. The Bertz CT molecular complexity index is 375. The number of rotatable bonds is 3. The van der Waals surface area contributed by atoms with E-state index >= 15 is 0 Å². The van der Waals surface area contributed by atoms with Crippen LogP contribution in [0.1, 0.15) is 18.7 Å². The average molecular weight is 223 g/mol. The summed E-state index contributed by atoms with van der Waals surface area (Å²) in [6.45, 7) is 1.47. The predicted octanol–water partition coefficient (Wildman–Crippen LogP) is -0.474. The lowest BCUT2D eigenvalue weighted by Crippen LogP contribution is -2.46. The average Bonchev–Trinajstić information content (AvgIpc) is 2.66. The van der Waals surface area contributed by atoms with E-state index in [2.05, 4.69) is 15.4 Å². The first-order valence-corrected chi connectivity index (χ1v) is 5.47. The first-order valence-electron chi connectivity index (χ1n) is 5.47. The quantitative estimate of drug-likeness (QED) is 0.752. The molecule has 6 heteroatoms. The van der Waals surface area contributed by atoms with Crippen LogP contribution in [0.25, 0.3) is 0 Å². The minimum atomic E-state index is 0.233. The number of nitrogens with one attached hydrogen (secondary N) is 1. The van der Waals surface area contributed by atoms with Crippen molar-refractivity contribution in [2.75, 3.05) is 13.6 Å². The molecular formula is C10H17N5O. The van der Waals surface area contributed by atoms with Crippen molar-refractivity contribution in [3.63, 3.8) is 0 Å². The standard InChI is InChI=1S/C10H17N5O/c1-14-6-8(3-4-10(14)16)11-5-9-12-7-13-15(9)2/h7-8,11H,3-6H2,1-2H3. The maximum atomic E-state index is 11.3. The Kier molecular flexibility index (Phi) is 3.19. The first-order chi connectivity index (χ1) is 7.66. The molecule has 0 radical (unpaired) electrons. The maximum absolute atomic E-state index is 11.3. The van der Waals surface area contributed by atoms with Crippen LogP contribution >= 0.6 is 0 Å². The zero-order chi connectivity index (χ0) is 11.5. The molecule has 1 N–H and O–H groups in total. The number of hydrogen-bond acceptors (Lipinski definition) is 4. The van der Waals surface area contributed by atoms with Gasteiger partial charge >= 0.3 is 0 Å². The highest BCUT2D eigenvalue weighted by molar-refractivity contribution is 5.76. The van der Waals surface area contributed by atoms with Crippen molar-refractivity contribution in [2.45, 2.75) is 25.4 Å². The number of amides is 1. The van der Waals surface area contributed by atoms with E-state index < -0.39 is 0 Å². The highest BCUT2D eigenvalue weighted by Crippen LogP contribution is 2.09. The zero-order valence-electron chi connectivity index (χ0n) is 9.68. The van der Waals surface area contributed by atoms with Gasteiger partial charge in [-0.2, -0.15) is 5.10 Å². The van der Waals surface area contributed by atoms with Crippen molar-refractivity contribution >= 4 is 5.91 Å². The summed E-state index contributed by atoms with van der Waals surface area (Å²) in [6, 6.07) is 0.361. The molecule has 2 rings (SSSR count). The molecular weight excluding hydrogens is 206 g/mol. The van der Waals surface area contributed by atoms with E-state index in [1.165, 1.54) is 0 Å². The Morgan fingerprint density at radius 3 is 3.00 bits per heavy atom. The Morgan fingerprint density at radius 2 is 2.38 bits per heavy atom. The molecule has 1 saturated heterocycles. The van der Waals surface area contributed by atoms with E-state index in [0.29, 0.717) is 19.0 Å². The van der Waals surface area contributed by atoms with Gasteiger partial charge in [0, 0.05) is 33.1 Å². The van der Waals surface area contributed by atoms with Crippen molar-refractivity contribution in [3.05, 3.63) is 12.2 Å². The molecule has 1 aliphatic rings. The minimum Gasteiger partial charge on any atom is -0.344 e. The second-order valence-corrected chi connectivity index (χ2v) is 4.19. The van der Waals surface area contributed by atoms with Gasteiger partial charge in [0.2, 0.25) is 5.91 Å². The van der Waals surface area contributed by atoms with Gasteiger partial charge in [-0.05, 0) is 6.42 Å². The van der Waals surface area contributed by atoms with Gasteiger partial charge in [0.05, 0.1) is 6.54 Å². The van der Waals surface area contributed by atoms with Crippen LogP contribution in [0.3, 0.4) is 0 Å². The molecule has 1 amide bonds. The minimum absolute atomic E-state index is 0.233. The van der Waals surface area contributed by atoms with Gasteiger partial charge in [-0.15, -0.1) is 0 Å². The van der Waals surface area contributed by atoms with Crippen molar-refractivity contribution in [2.24, 2.45) is 7.05 Å². The second-order valence-electron chi connectivity index (χ2n) is 4.19. The Balaban J connectivity index is 1.83. The number of hydrogen-bond donors (Lipinski definition) is 1. The number of aryl methyl sites for hydroxylation is 1. The molecule has 1 aromatic heterocycles. The van der Waals surface area contributed by atoms with Gasteiger partial charge in [-0.3, -0.25) is 9.48 Å². The fraction of sp³-hybridized carbons (Fsp3) is 0.700. The van der Waals surface area contributed by atoms with Crippen LogP contribution in [0.2, 0.25) is 0 Å². The molecule has 1 fully saturated rings. The van der Waals surface area contributed by atoms with Crippen LogP contribution < -0.4 is 5.32 Å². The summed E-state index contributed by atoms with van der Waals surface area (Å²) in [5.74, 6) is 1.15. The number of carbonyl (C=O) groups excluding carboxylic acids is 1. The van der Waals surface area contributed by atoms with Crippen molar-refractivity contribution < 1.29 is 4.79 Å². The summed E-state index contributed by atoms with van der Waals surface area (Å²) in [5.41, 5.74) is 0. The molecule has 1 unspecified atom stereocenters. The lowest BCUT2D eigenvalue weighted by Gasteiger charge is -2.30. The topological polar surface area (TPSA) is 63.0 Å². The first kappa shape index (κ1) is 11.1. The van der Waals surface area contributed by atoms with Crippen LogP contribution in [-0.4, -0.2) is 45.2 Å². The molecule has 1 aliphatic heterocycles. The molecule has 0 saturated carbocycles. The van der Waals surface area contributed by atoms with Crippen molar-refractivity contribution in [1.82, 2.24) is 25.0 Å². The number of nitrogens with zero attached hydrogens (tertiary/aromatic N) is 4. The molecule has 0 spiro atoms. The van der Waals surface area contributed by atoms with Crippen LogP contribution in [0, 0.1) is 0 Å². The molecule has 0 aliphatic carbocycles. The lowest BCUT2D eigenvalue weighted by atomic mass is 10.1. The summed E-state index contributed by atoms with van der Waals surface area (Å²) >= 11 is 0. The molecule has 16 heavy (non-hydrogen) atoms. The number of piperidine rings is 1. The normalized spacial score (nSPS) is 21.5. The second kappa shape index (κ2) is 4.61. The number of aromatic nitrogens is 3. The molecule has 6 nitrogen and oxygen atoms in total. The van der Waals surface area contributed by atoms with Crippen LogP contribution in [0.4, 0.5) is 0 Å². The summed E-state index contributed by atoms with van der Waals surface area (Å²) in [4.78, 5) is 17.2. The summed E-state index contributed by atoms with van der Waals surface area (Å²) < 4.78 is 1.75. The molecule has 0 aromatic carbocycles. The van der Waals surface area contributed by atoms with Gasteiger partial charge in [-0.1, -0.05) is 0 Å². The fourth-order valence-electron chi connectivity index (χ4n) is 1.89. The Labute approximate surface area is 94.6 Å². The summed E-state index contributed by atoms with van der Waals surface area (Å²) in [5, 5.41) is 7.41. The van der Waals surface area contributed by atoms with Gasteiger partial charge in [0.1, 0.15) is 12.2 Å². The molecule has 0 bridgehead atoms. The summed E-state index contributed by atoms with van der Waals surface area (Å²) in [7, 11) is 3.72. The zero-order valence-corrected chi connectivity index (χ0v) is 9.68. The molecule has 1 aromatic rings. The van der Waals surface area contributed by atoms with Gasteiger partial charge in [0.25, 0.3) is 0 Å². The third-order valence-electron chi connectivity index (χ3n) is 2.98. The molecule has 88 valence electrons. The monoisotopic (exact) mass is 223 g/mol. The SMILES string of the molecule is CN1CC(NCc2ncnn2C)CCC1=O. The van der Waals surface area contributed by atoms with E-state index in [1.54, 1.807) is 15.9 Å². The van der Waals surface area contributed by atoms with Crippen molar-refractivity contribution in [3.8, 4) is 0 Å². The van der Waals surface area contributed by atoms with Crippen molar-refractivity contribution in [1.29, 1.82) is 0 Å². The van der Waals surface area contributed by atoms with Gasteiger partial charge in [0.15, 0.2) is 0 Å². The van der Waals surface area contributed by atoms with E-state index in [1.807, 2.05) is 14.1 Å². The van der Waals surface area contributed by atoms with E-state index in [4.69, 9.17) is 0 Å². The van der Waals surface area contributed by atoms with E-state index in [9.17, 15) is 4.79 Å². The Morgan fingerprint density at radius 1 is 1.56 bits per heavy atom. The van der Waals surface area contributed by atoms with Crippen LogP contribution in [0.15, 0.2) is 6.33 Å². The van der Waals surface area contributed by atoms with E-state index in [0.717, 1.165) is 18.8 Å². The highest BCUT2D eigenvalue weighted by Gasteiger charge is 2.22. The molecule has 2 heterocycles. The number of likely N-dealkylation sites (N-methyl/N-ethyl adjacent to an activating group) is 1. The van der Waals surface area contributed by atoms with Gasteiger partial charge < -0.3 is 10.2 Å². The van der Waals surface area contributed by atoms with E-state index in [-0.39, 0.29) is 5.91 Å². The van der Waals surface area contributed by atoms with Crippen LogP contribution in [0.5, 0.6) is 0 Å². The lowest BCUT2D eigenvalue weighted by molar-refractivity contribution is -0.132. The Hall–Kier alpha value is -1.43. The maximum Gasteiger partial charge on any atom is 0.222 e. The fourth-order valence-corrected chi connectivity index (χ4v) is 1.89.